The normalized spacial score (nSPS) is 10.6. The smallest absolute Gasteiger partial charge is 0.161 e. The lowest BCUT2D eigenvalue weighted by Crippen LogP contribution is -1.91. The van der Waals surface area contributed by atoms with Crippen LogP contribution in [0.1, 0.15) is 0 Å². The molecule has 0 bridgehead atoms. The van der Waals surface area contributed by atoms with Crippen molar-refractivity contribution in [1.29, 1.82) is 0 Å². The molecule has 0 saturated heterocycles. The maximum absolute atomic E-state index is 5.32. The van der Waals surface area contributed by atoms with Crippen LogP contribution in [0.15, 0.2) is 42.5 Å². The number of aromatic nitrogens is 2. The Kier molecular flexibility index (Phi) is 2.83. The second-order valence-corrected chi connectivity index (χ2v) is 4.19. The maximum Gasteiger partial charge on any atom is 0.161 e. The standard InChI is InChI=1S/C15H14N2O2/c1-18-13-8-7-10(9-14(13)19-2)15-11-5-3-4-6-12(11)16-17-15/h3-9H,1-2H3,(H,16,17). The highest BCUT2D eigenvalue weighted by molar-refractivity contribution is 5.93. The molecule has 3 rings (SSSR count). The van der Waals surface area contributed by atoms with Gasteiger partial charge in [-0.3, -0.25) is 5.10 Å². The van der Waals surface area contributed by atoms with Crippen molar-refractivity contribution in [3.8, 4) is 22.8 Å². The lowest BCUT2D eigenvalue weighted by atomic mass is 10.1. The molecule has 0 aliphatic rings. The number of fused-ring (bicyclic) bond motifs is 1. The number of nitrogens with zero attached hydrogens (tertiary/aromatic N) is 1. The quantitative estimate of drug-likeness (QED) is 0.780. The van der Waals surface area contributed by atoms with Gasteiger partial charge >= 0.3 is 0 Å². The van der Waals surface area contributed by atoms with Crippen molar-refractivity contribution in [2.75, 3.05) is 14.2 Å². The van der Waals surface area contributed by atoms with Gasteiger partial charge in [-0.15, -0.1) is 0 Å². The molecule has 3 aromatic rings. The summed E-state index contributed by atoms with van der Waals surface area (Å²) < 4.78 is 10.6. The first kappa shape index (κ1) is 11.6. The molecule has 0 spiro atoms. The van der Waals surface area contributed by atoms with E-state index in [1.807, 2.05) is 42.5 Å². The molecule has 0 fully saturated rings. The van der Waals surface area contributed by atoms with Crippen LogP contribution in [0.4, 0.5) is 0 Å². The minimum atomic E-state index is 0.701. The zero-order valence-corrected chi connectivity index (χ0v) is 10.8. The van der Waals surface area contributed by atoms with Crippen molar-refractivity contribution in [2.45, 2.75) is 0 Å². The van der Waals surface area contributed by atoms with Crippen molar-refractivity contribution < 1.29 is 9.47 Å². The molecule has 1 N–H and O–H groups in total. The predicted molar refractivity (Wildman–Crippen MR) is 74.6 cm³/mol. The predicted octanol–water partition coefficient (Wildman–Crippen LogP) is 3.25. The summed E-state index contributed by atoms with van der Waals surface area (Å²) in [6.45, 7) is 0. The molecule has 0 radical (unpaired) electrons. The number of aromatic amines is 1. The second kappa shape index (κ2) is 4.65. The van der Waals surface area contributed by atoms with Gasteiger partial charge in [-0.05, 0) is 24.3 Å². The van der Waals surface area contributed by atoms with Crippen LogP contribution in [0.25, 0.3) is 22.2 Å². The highest BCUT2D eigenvalue weighted by Gasteiger charge is 2.11. The van der Waals surface area contributed by atoms with Crippen molar-refractivity contribution in [2.24, 2.45) is 0 Å². The topological polar surface area (TPSA) is 47.1 Å². The van der Waals surface area contributed by atoms with Crippen molar-refractivity contribution in [3.05, 3.63) is 42.5 Å². The van der Waals surface area contributed by atoms with E-state index < -0.39 is 0 Å². The Morgan fingerprint density at radius 2 is 1.74 bits per heavy atom. The van der Waals surface area contributed by atoms with Gasteiger partial charge in [-0.1, -0.05) is 18.2 Å². The van der Waals surface area contributed by atoms with Gasteiger partial charge in [-0.2, -0.15) is 5.10 Å². The summed E-state index contributed by atoms with van der Waals surface area (Å²) in [7, 11) is 3.26. The van der Waals surface area contributed by atoms with Gasteiger partial charge in [-0.25, -0.2) is 0 Å². The summed E-state index contributed by atoms with van der Waals surface area (Å²) in [5, 5.41) is 8.50. The van der Waals surface area contributed by atoms with Crippen molar-refractivity contribution in [3.63, 3.8) is 0 Å². The molecule has 0 aliphatic heterocycles. The summed E-state index contributed by atoms with van der Waals surface area (Å²) in [6, 6.07) is 13.8. The molecule has 19 heavy (non-hydrogen) atoms. The molecule has 0 aliphatic carbocycles. The molecule has 0 amide bonds. The Morgan fingerprint density at radius 1 is 0.947 bits per heavy atom. The fourth-order valence-corrected chi connectivity index (χ4v) is 2.17. The molecule has 0 unspecified atom stereocenters. The van der Waals surface area contributed by atoms with E-state index in [0.717, 1.165) is 22.2 Å². The summed E-state index contributed by atoms with van der Waals surface area (Å²) in [4.78, 5) is 0. The lowest BCUT2D eigenvalue weighted by molar-refractivity contribution is 0.355. The van der Waals surface area contributed by atoms with E-state index in [4.69, 9.17) is 9.47 Å². The Hall–Kier alpha value is -2.49. The Labute approximate surface area is 111 Å². The Bertz CT molecular complexity index is 719. The molecule has 0 atom stereocenters. The highest BCUT2D eigenvalue weighted by atomic mass is 16.5. The lowest BCUT2D eigenvalue weighted by Gasteiger charge is -2.08. The van der Waals surface area contributed by atoms with Gasteiger partial charge < -0.3 is 9.47 Å². The molecule has 0 saturated carbocycles. The van der Waals surface area contributed by atoms with Crippen LogP contribution >= 0.6 is 0 Å². The summed E-state index contributed by atoms with van der Waals surface area (Å²) in [6.07, 6.45) is 0. The number of rotatable bonds is 3. The highest BCUT2D eigenvalue weighted by Crippen LogP contribution is 2.33. The first-order valence-electron chi connectivity index (χ1n) is 5.99. The minimum Gasteiger partial charge on any atom is -0.493 e. The minimum absolute atomic E-state index is 0.701. The van der Waals surface area contributed by atoms with Gasteiger partial charge in [0.05, 0.1) is 19.7 Å². The Balaban J connectivity index is 2.16. The third-order valence-electron chi connectivity index (χ3n) is 3.13. The van der Waals surface area contributed by atoms with E-state index >= 15 is 0 Å². The number of benzene rings is 2. The molecular formula is C15H14N2O2. The third kappa shape index (κ3) is 1.91. The molecular weight excluding hydrogens is 240 g/mol. The molecule has 96 valence electrons. The van der Waals surface area contributed by atoms with E-state index in [1.54, 1.807) is 14.2 Å². The van der Waals surface area contributed by atoms with Crippen LogP contribution in [0.2, 0.25) is 0 Å². The van der Waals surface area contributed by atoms with E-state index in [-0.39, 0.29) is 0 Å². The van der Waals surface area contributed by atoms with E-state index in [2.05, 4.69) is 10.2 Å². The van der Waals surface area contributed by atoms with Crippen LogP contribution in [0, 0.1) is 0 Å². The number of para-hydroxylation sites is 1. The van der Waals surface area contributed by atoms with E-state index in [9.17, 15) is 0 Å². The van der Waals surface area contributed by atoms with Gasteiger partial charge in [0.2, 0.25) is 0 Å². The first-order chi connectivity index (χ1) is 9.33. The van der Waals surface area contributed by atoms with Crippen molar-refractivity contribution in [1.82, 2.24) is 10.2 Å². The Morgan fingerprint density at radius 3 is 2.53 bits per heavy atom. The summed E-state index contributed by atoms with van der Waals surface area (Å²) in [5.74, 6) is 1.41. The van der Waals surface area contributed by atoms with E-state index in [1.165, 1.54) is 0 Å². The SMILES string of the molecule is COc1ccc(-c2n[nH]c3ccccc23)cc1OC. The fraction of sp³-hybridized carbons (Fsp3) is 0.133. The fourth-order valence-electron chi connectivity index (χ4n) is 2.17. The van der Waals surface area contributed by atoms with Crippen LogP contribution < -0.4 is 9.47 Å². The monoisotopic (exact) mass is 254 g/mol. The number of methoxy groups -OCH3 is 2. The zero-order chi connectivity index (χ0) is 13.2. The maximum atomic E-state index is 5.32. The second-order valence-electron chi connectivity index (χ2n) is 4.19. The van der Waals surface area contributed by atoms with Gasteiger partial charge in [0.1, 0.15) is 5.69 Å². The van der Waals surface area contributed by atoms with Gasteiger partial charge in [0, 0.05) is 10.9 Å². The van der Waals surface area contributed by atoms with Crippen LogP contribution in [0.3, 0.4) is 0 Å². The van der Waals surface area contributed by atoms with Gasteiger partial charge in [0.25, 0.3) is 0 Å². The van der Waals surface area contributed by atoms with Crippen LogP contribution in [-0.4, -0.2) is 24.4 Å². The number of ether oxygens (including phenoxy) is 2. The molecule has 4 nitrogen and oxygen atoms in total. The number of nitrogens with one attached hydrogen (secondary N) is 1. The van der Waals surface area contributed by atoms with E-state index in [0.29, 0.717) is 11.5 Å². The number of hydrogen-bond donors (Lipinski definition) is 1. The molecule has 2 aromatic carbocycles. The third-order valence-corrected chi connectivity index (χ3v) is 3.13. The molecule has 4 heteroatoms. The zero-order valence-electron chi connectivity index (χ0n) is 10.8. The van der Waals surface area contributed by atoms with Crippen LogP contribution in [0.5, 0.6) is 11.5 Å². The average molecular weight is 254 g/mol. The van der Waals surface area contributed by atoms with Crippen molar-refractivity contribution >= 4 is 10.9 Å². The molecule has 1 heterocycles. The molecule has 1 aromatic heterocycles. The van der Waals surface area contributed by atoms with Crippen LogP contribution in [-0.2, 0) is 0 Å². The summed E-state index contributed by atoms with van der Waals surface area (Å²) >= 11 is 0. The number of H-pyrrole nitrogens is 1. The number of hydrogen-bond acceptors (Lipinski definition) is 3. The largest absolute Gasteiger partial charge is 0.493 e. The first-order valence-corrected chi connectivity index (χ1v) is 5.99. The van der Waals surface area contributed by atoms with Gasteiger partial charge in [0.15, 0.2) is 11.5 Å². The summed E-state index contributed by atoms with van der Waals surface area (Å²) in [5.41, 5.74) is 2.93. The average Bonchev–Trinajstić information content (AvgIpc) is 2.90.